The third-order valence-corrected chi connectivity index (χ3v) is 1.52. The Kier molecular flexibility index (Phi) is 12.9. The summed E-state index contributed by atoms with van der Waals surface area (Å²) in [5, 5.41) is 17.3. The maximum Gasteiger partial charge on any atom is 0.466 e. The van der Waals surface area contributed by atoms with E-state index in [0.29, 0.717) is 0 Å². The smallest absolute Gasteiger partial charge is 0.466 e. The molecule has 2 aromatic rings. The Morgan fingerprint density at radius 3 is 0.750 bits per heavy atom. The number of aromatic hydroxyl groups is 2. The van der Waals surface area contributed by atoms with Crippen LogP contribution in [0.3, 0.4) is 0 Å². The molecule has 0 bridgehead atoms. The number of hydrogen-bond acceptors (Lipinski definition) is 4. The van der Waals surface area contributed by atoms with Gasteiger partial charge >= 0.3 is 15.6 Å². The van der Waals surface area contributed by atoms with Gasteiger partial charge in [-0.05, 0) is 24.3 Å². The molecule has 24 heavy (non-hydrogen) atoms. The number of benzene rings is 2. The molecule has 0 aliphatic heterocycles. The van der Waals surface area contributed by atoms with Crippen molar-refractivity contribution in [2.75, 3.05) is 0 Å². The van der Waals surface area contributed by atoms with E-state index in [9.17, 15) is 0 Å². The lowest BCUT2D eigenvalue weighted by molar-refractivity contribution is 0.272. The van der Waals surface area contributed by atoms with Gasteiger partial charge in [0.05, 0.1) is 0 Å². The summed E-state index contributed by atoms with van der Waals surface area (Å²) in [6, 6.07) is 17.7. The zero-order chi connectivity index (χ0) is 19.2. The van der Waals surface area contributed by atoms with Gasteiger partial charge in [-0.1, -0.05) is 36.4 Å². The van der Waals surface area contributed by atoms with Crippen molar-refractivity contribution in [1.82, 2.24) is 0 Å². The summed E-state index contributed by atoms with van der Waals surface area (Å²) in [6.07, 6.45) is 0. The van der Waals surface area contributed by atoms with Crippen LogP contribution < -0.4 is 0 Å². The van der Waals surface area contributed by atoms with Crippen molar-refractivity contribution in [3.63, 3.8) is 0 Å². The van der Waals surface area contributed by atoms with Crippen LogP contribution in [0.4, 0.5) is 0 Å². The van der Waals surface area contributed by atoms with Crippen molar-refractivity contribution in [2.45, 2.75) is 0 Å². The van der Waals surface area contributed by atoms with E-state index in [1.54, 1.807) is 0 Å². The number of hydrogen-bond donors (Lipinski definition) is 8. The van der Waals surface area contributed by atoms with Crippen molar-refractivity contribution in [3.8, 4) is 11.5 Å². The van der Waals surface area contributed by atoms with Crippen molar-refractivity contribution in [2.24, 2.45) is 0 Å². The molecule has 0 saturated heterocycles. The monoisotopic (exact) mass is 384 g/mol. The summed E-state index contributed by atoms with van der Waals surface area (Å²) in [5.74, 6) is 0.339. The second-order valence-corrected chi connectivity index (χ2v) is 5.75. The van der Waals surface area contributed by atoms with E-state index in [2.05, 4.69) is 0 Å². The van der Waals surface area contributed by atoms with Crippen LogP contribution in [0.2, 0.25) is 0 Å². The lowest BCUT2D eigenvalue weighted by Gasteiger charge is -1.88. The fourth-order valence-electron chi connectivity index (χ4n) is 0.838. The molecule has 0 amide bonds. The molecule has 0 aliphatic carbocycles. The Morgan fingerprint density at radius 2 is 0.625 bits per heavy atom. The zero-order valence-corrected chi connectivity index (χ0v) is 13.9. The van der Waals surface area contributed by atoms with Crippen molar-refractivity contribution < 1.29 is 48.7 Å². The first-order valence-electron chi connectivity index (χ1n) is 5.83. The molecule has 0 fully saturated rings. The Bertz CT molecular complexity index is 536. The second-order valence-electron chi connectivity index (χ2n) is 3.70. The average molecular weight is 384 g/mol. The van der Waals surface area contributed by atoms with Crippen molar-refractivity contribution in [3.05, 3.63) is 60.7 Å². The second kappa shape index (κ2) is 12.7. The van der Waals surface area contributed by atoms with Crippen LogP contribution in [0, 0.1) is 0 Å². The van der Waals surface area contributed by atoms with Crippen LogP contribution in [-0.2, 0) is 9.13 Å². The lowest BCUT2D eigenvalue weighted by Crippen LogP contribution is -1.66. The Balaban J connectivity index is 0. The first-order chi connectivity index (χ1) is 10.8. The van der Waals surface area contributed by atoms with Gasteiger partial charge in [0, 0.05) is 0 Å². The van der Waals surface area contributed by atoms with Gasteiger partial charge < -0.3 is 39.6 Å². The van der Waals surface area contributed by atoms with Crippen LogP contribution in [0.1, 0.15) is 0 Å². The van der Waals surface area contributed by atoms with Crippen molar-refractivity contribution in [1.29, 1.82) is 0 Å². The number of phenolic OH excluding ortho intramolecular Hbond substituents is 2. The van der Waals surface area contributed by atoms with Crippen LogP contribution in [-0.4, -0.2) is 39.6 Å². The molecule has 8 N–H and O–H groups in total. The van der Waals surface area contributed by atoms with Gasteiger partial charge in [0.25, 0.3) is 0 Å². The maximum atomic E-state index is 8.88. The third-order valence-electron chi connectivity index (χ3n) is 1.52. The van der Waals surface area contributed by atoms with Gasteiger partial charge in [0.1, 0.15) is 11.5 Å². The van der Waals surface area contributed by atoms with E-state index < -0.39 is 15.6 Å². The maximum absolute atomic E-state index is 8.88. The standard InChI is InChI=1S/C6H6O2.C6H6.2H3O4P/c7-5-1-2-6(8)4-3-5;1-2-4-6-5-3-1;2*1-5(2,3)4/h1-4,7-8H;1-6H;2*(H3,1,2,3,4). The van der Waals surface area contributed by atoms with Gasteiger partial charge in [-0.3, -0.25) is 0 Å². The van der Waals surface area contributed by atoms with E-state index >= 15 is 0 Å². The van der Waals surface area contributed by atoms with E-state index in [1.165, 1.54) is 24.3 Å². The lowest BCUT2D eigenvalue weighted by atomic mass is 10.3. The highest BCUT2D eigenvalue weighted by Gasteiger charge is 2.00. The SMILES string of the molecule is O=P(O)(O)O.O=P(O)(O)O.Oc1ccc(O)cc1.c1ccccc1. The highest BCUT2D eigenvalue weighted by atomic mass is 31.2. The molecule has 0 unspecified atom stereocenters. The summed E-state index contributed by atoms with van der Waals surface area (Å²) in [7, 11) is -9.28. The molecular formula is C12H18O10P2. The summed E-state index contributed by atoms with van der Waals surface area (Å²) < 4.78 is 17.8. The summed E-state index contributed by atoms with van der Waals surface area (Å²) in [5.41, 5.74) is 0. The molecule has 0 saturated carbocycles. The largest absolute Gasteiger partial charge is 0.508 e. The molecule has 0 atom stereocenters. The van der Waals surface area contributed by atoms with E-state index in [-0.39, 0.29) is 11.5 Å². The number of rotatable bonds is 0. The van der Waals surface area contributed by atoms with Gasteiger partial charge in [-0.2, -0.15) is 0 Å². The molecule has 0 spiro atoms. The summed E-state index contributed by atoms with van der Waals surface area (Å²) in [6.45, 7) is 0. The van der Waals surface area contributed by atoms with Gasteiger partial charge in [-0.15, -0.1) is 0 Å². The molecule has 12 heteroatoms. The average Bonchev–Trinajstić information content (AvgIpc) is 2.41. The van der Waals surface area contributed by atoms with Gasteiger partial charge in [0.15, 0.2) is 0 Å². The Morgan fingerprint density at radius 1 is 0.500 bits per heavy atom. The first kappa shape index (κ1) is 24.5. The Labute approximate surface area is 137 Å². The predicted octanol–water partition coefficient (Wildman–Crippen LogP) is 0.927. The minimum Gasteiger partial charge on any atom is -0.508 e. The topological polar surface area (TPSA) is 196 Å². The fourth-order valence-corrected chi connectivity index (χ4v) is 0.838. The highest BCUT2D eigenvalue weighted by molar-refractivity contribution is 7.45. The highest BCUT2D eigenvalue weighted by Crippen LogP contribution is 2.26. The molecule has 0 radical (unpaired) electrons. The molecule has 0 heterocycles. The summed E-state index contributed by atoms with van der Waals surface area (Å²) in [4.78, 5) is 43.1. The summed E-state index contributed by atoms with van der Waals surface area (Å²) >= 11 is 0. The molecule has 0 aliphatic rings. The van der Waals surface area contributed by atoms with Crippen LogP contribution in [0.15, 0.2) is 60.7 Å². The van der Waals surface area contributed by atoms with Gasteiger partial charge in [0.2, 0.25) is 0 Å². The quantitative estimate of drug-likeness (QED) is 0.239. The number of phenols is 2. The first-order valence-corrected chi connectivity index (χ1v) is 8.96. The predicted molar refractivity (Wildman–Crippen MR) is 84.7 cm³/mol. The van der Waals surface area contributed by atoms with Crippen LogP contribution in [0.5, 0.6) is 11.5 Å². The third kappa shape index (κ3) is 37.0. The van der Waals surface area contributed by atoms with Crippen LogP contribution in [0.25, 0.3) is 0 Å². The molecule has 10 nitrogen and oxygen atoms in total. The van der Waals surface area contributed by atoms with Crippen LogP contribution >= 0.6 is 15.6 Å². The molecule has 136 valence electrons. The fraction of sp³-hybridized carbons (Fsp3) is 0. The Hall–Kier alpha value is -1.74. The minimum absolute atomic E-state index is 0.169. The molecule has 2 rings (SSSR count). The van der Waals surface area contributed by atoms with E-state index in [4.69, 9.17) is 48.7 Å². The minimum atomic E-state index is -4.64. The van der Waals surface area contributed by atoms with E-state index in [1.807, 2.05) is 36.4 Å². The van der Waals surface area contributed by atoms with Crippen molar-refractivity contribution >= 4 is 15.6 Å². The normalized spacial score (nSPS) is 9.92. The molecular weight excluding hydrogens is 366 g/mol. The van der Waals surface area contributed by atoms with E-state index in [0.717, 1.165) is 0 Å². The zero-order valence-electron chi connectivity index (χ0n) is 12.1. The number of phosphoric acid groups is 2. The van der Waals surface area contributed by atoms with Gasteiger partial charge in [-0.25, -0.2) is 9.13 Å². The molecule has 2 aromatic carbocycles. The molecule has 0 aromatic heterocycles.